The van der Waals surface area contributed by atoms with E-state index in [4.69, 9.17) is 32.4 Å². The van der Waals surface area contributed by atoms with Gasteiger partial charge in [0, 0.05) is 12.6 Å². The molecule has 0 aliphatic carbocycles. The fraction of sp³-hybridized carbons (Fsp3) is 0.227. The molecule has 0 N–H and O–H groups in total. The first-order chi connectivity index (χ1) is 14.7. The molecular formula is C22H19Cl2NO5S. The van der Waals surface area contributed by atoms with Gasteiger partial charge in [-0.05, 0) is 48.7 Å². The molecule has 1 fully saturated rings. The lowest BCUT2D eigenvalue weighted by Gasteiger charge is -2.17. The van der Waals surface area contributed by atoms with Crippen LogP contribution in [-0.4, -0.2) is 31.9 Å². The Kier molecular flexibility index (Phi) is 6.12. The quantitative estimate of drug-likeness (QED) is 0.526. The Labute approximate surface area is 190 Å². The number of benzene rings is 2. The highest BCUT2D eigenvalue weighted by atomic mass is 35.5. The van der Waals surface area contributed by atoms with Crippen molar-refractivity contribution in [2.45, 2.75) is 24.3 Å². The first-order valence-corrected chi connectivity index (χ1v) is 11.8. The van der Waals surface area contributed by atoms with Gasteiger partial charge in [-0.1, -0.05) is 41.4 Å². The predicted octanol–water partition coefficient (Wildman–Crippen LogP) is 4.76. The lowest BCUT2D eigenvalue weighted by molar-refractivity contribution is 0.213. The third-order valence-electron chi connectivity index (χ3n) is 5.02. The van der Waals surface area contributed by atoms with Gasteiger partial charge in [-0.3, -0.25) is 0 Å². The number of hydrogen-bond acceptors (Lipinski definition) is 5. The number of halogens is 2. The number of rotatable bonds is 5. The highest BCUT2D eigenvalue weighted by Gasteiger charge is 2.33. The summed E-state index contributed by atoms with van der Waals surface area (Å²) in [5, 5.41) is 0.896. The molecule has 0 spiro atoms. The highest BCUT2D eigenvalue weighted by Crippen LogP contribution is 2.30. The Bertz CT molecular complexity index is 1270. The molecule has 162 valence electrons. The molecule has 1 unspecified atom stereocenters. The molecule has 0 bridgehead atoms. The first kappa shape index (κ1) is 21.9. The van der Waals surface area contributed by atoms with Crippen molar-refractivity contribution in [2.75, 3.05) is 13.1 Å². The summed E-state index contributed by atoms with van der Waals surface area (Å²) < 4.78 is 38.2. The van der Waals surface area contributed by atoms with Gasteiger partial charge < -0.3 is 9.15 Å². The minimum Gasteiger partial charge on any atom is -0.489 e. The van der Waals surface area contributed by atoms with Crippen molar-refractivity contribution in [1.29, 1.82) is 0 Å². The maximum Gasteiger partial charge on any atom is 0.339 e. The summed E-state index contributed by atoms with van der Waals surface area (Å²) >= 11 is 12.0. The van der Waals surface area contributed by atoms with E-state index in [0.29, 0.717) is 34.5 Å². The smallest absolute Gasteiger partial charge is 0.339 e. The molecule has 0 radical (unpaired) electrons. The van der Waals surface area contributed by atoms with Crippen molar-refractivity contribution in [1.82, 2.24) is 4.31 Å². The second-order valence-electron chi connectivity index (χ2n) is 7.27. The van der Waals surface area contributed by atoms with Gasteiger partial charge in [-0.25, -0.2) is 13.2 Å². The van der Waals surface area contributed by atoms with E-state index in [1.54, 1.807) is 49.4 Å². The van der Waals surface area contributed by atoms with E-state index in [9.17, 15) is 13.2 Å². The summed E-state index contributed by atoms with van der Waals surface area (Å²) in [6.45, 7) is 2.19. The van der Waals surface area contributed by atoms with E-state index in [0.717, 1.165) is 11.1 Å². The predicted molar refractivity (Wildman–Crippen MR) is 119 cm³/mol. The normalized spacial score (nSPS) is 17.1. The first-order valence-electron chi connectivity index (χ1n) is 9.56. The molecule has 6 nitrogen and oxygen atoms in total. The molecular weight excluding hydrogens is 461 g/mol. The molecule has 1 atom stereocenters. The van der Waals surface area contributed by atoms with Gasteiger partial charge in [-0.15, -0.1) is 0 Å². The number of hydrogen-bond donors (Lipinski definition) is 0. The van der Waals surface area contributed by atoms with E-state index in [1.165, 1.54) is 10.4 Å². The number of aryl methyl sites for hydroxylation is 1. The second kappa shape index (κ2) is 8.67. The van der Waals surface area contributed by atoms with Gasteiger partial charge in [0.1, 0.15) is 17.6 Å². The summed E-state index contributed by atoms with van der Waals surface area (Å²) in [5.41, 5.74) is 1.17. The molecule has 2 aromatic carbocycles. The molecule has 4 rings (SSSR count). The van der Waals surface area contributed by atoms with Crippen molar-refractivity contribution < 1.29 is 17.6 Å². The third kappa shape index (κ3) is 4.80. The third-order valence-corrected chi connectivity index (χ3v) is 7.64. The Morgan fingerprint density at radius 1 is 1.00 bits per heavy atom. The van der Waals surface area contributed by atoms with Crippen molar-refractivity contribution in [3.63, 3.8) is 0 Å². The fourth-order valence-electron chi connectivity index (χ4n) is 3.49. The van der Waals surface area contributed by atoms with Crippen molar-refractivity contribution in [2.24, 2.45) is 0 Å². The van der Waals surface area contributed by atoms with E-state index in [2.05, 4.69) is 0 Å². The molecule has 1 aliphatic rings. The van der Waals surface area contributed by atoms with Gasteiger partial charge in [0.25, 0.3) is 0 Å². The van der Waals surface area contributed by atoms with Gasteiger partial charge in [0.2, 0.25) is 10.0 Å². The van der Waals surface area contributed by atoms with Crippen LogP contribution < -0.4 is 10.4 Å². The summed E-state index contributed by atoms with van der Waals surface area (Å²) in [6.07, 6.45) is 0.186. The van der Waals surface area contributed by atoms with E-state index in [-0.39, 0.29) is 17.5 Å². The van der Waals surface area contributed by atoms with Crippen LogP contribution in [-0.2, 0) is 10.0 Å². The lowest BCUT2D eigenvalue weighted by atomic mass is 10.1. The molecule has 3 aromatic rings. The number of sulfonamides is 1. The van der Waals surface area contributed by atoms with E-state index in [1.807, 2.05) is 6.07 Å². The summed E-state index contributed by atoms with van der Waals surface area (Å²) in [6, 6.07) is 14.8. The molecule has 2 heterocycles. The van der Waals surface area contributed by atoms with Crippen molar-refractivity contribution >= 4 is 33.2 Å². The van der Waals surface area contributed by atoms with Crippen LogP contribution in [0.1, 0.15) is 12.2 Å². The number of nitrogens with zero attached hydrogens (tertiary/aromatic N) is 1. The van der Waals surface area contributed by atoms with Crippen LogP contribution in [0.2, 0.25) is 10.0 Å². The minimum absolute atomic E-state index is 0.202. The summed E-state index contributed by atoms with van der Waals surface area (Å²) in [4.78, 5) is 11.7. The van der Waals surface area contributed by atoms with Crippen LogP contribution in [0.3, 0.4) is 0 Å². The zero-order valence-corrected chi connectivity index (χ0v) is 18.9. The van der Waals surface area contributed by atoms with E-state index >= 15 is 0 Å². The molecule has 9 heteroatoms. The average molecular weight is 480 g/mol. The van der Waals surface area contributed by atoms with Crippen LogP contribution in [0.15, 0.2) is 68.7 Å². The fourth-order valence-corrected chi connectivity index (χ4v) is 5.28. The van der Waals surface area contributed by atoms with Crippen molar-refractivity contribution in [3.8, 4) is 16.9 Å². The Morgan fingerprint density at radius 2 is 1.71 bits per heavy atom. The van der Waals surface area contributed by atoms with E-state index < -0.39 is 15.6 Å². The summed E-state index contributed by atoms with van der Waals surface area (Å²) in [7, 11) is -3.67. The van der Waals surface area contributed by atoms with Crippen LogP contribution in [0.4, 0.5) is 0 Å². The minimum atomic E-state index is -3.67. The standard InChI is InChI=1S/C22H19Cl2NO5S/c1-14-10-18(12-22(26)29-14)30-17-8-9-25(13-17)31(27,28)19-5-2-15(3-6-19)16-4-7-20(23)21(24)11-16/h2-7,10-12,17H,8-9,13H2,1H3. The largest absolute Gasteiger partial charge is 0.489 e. The SMILES string of the molecule is Cc1cc(OC2CCN(S(=O)(=O)c3ccc(-c4ccc(Cl)c(Cl)c4)cc3)C2)cc(=O)o1. The molecule has 1 aliphatic heterocycles. The molecule has 1 aromatic heterocycles. The van der Waals surface area contributed by atoms with Gasteiger partial charge >= 0.3 is 5.63 Å². The maximum atomic E-state index is 13.1. The second-order valence-corrected chi connectivity index (χ2v) is 10.0. The maximum absolute atomic E-state index is 13.1. The number of ether oxygens (including phenoxy) is 1. The zero-order chi connectivity index (χ0) is 22.2. The van der Waals surface area contributed by atoms with Crippen LogP contribution in [0.25, 0.3) is 11.1 Å². The van der Waals surface area contributed by atoms with Crippen LogP contribution in [0, 0.1) is 6.92 Å². The topological polar surface area (TPSA) is 76.8 Å². The Balaban J connectivity index is 1.48. The van der Waals surface area contributed by atoms with Crippen LogP contribution in [0.5, 0.6) is 5.75 Å². The van der Waals surface area contributed by atoms with Crippen molar-refractivity contribution in [3.05, 3.63) is 80.8 Å². The molecule has 0 amide bonds. The Hall–Kier alpha value is -2.32. The lowest BCUT2D eigenvalue weighted by Crippen LogP contribution is -2.31. The van der Waals surface area contributed by atoms with Gasteiger partial charge in [-0.2, -0.15) is 4.31 Å². The van der Waals surface area contributed by atoms with Gasteiger partial charge in [0.05, 0.1) is 27.6 Å². The monoisotopic (exact) mass is 479 g/mol. The molecule has 1 saturated heterocycles. The summed E-state index contributed by atoms with van der Waals surface area (Å²) in [5.74, 6) is 0.816. The van der Waals surface area contributed by atoms with Gasteiger partial charge in [0.15, 0.2) is 0 Å². The highest BCUT2D eigenvalue weighted by molar-refractivity contribution is 7.89. The zero-order valence-electron chi connectivity index (χ0n) is 16.5. The Morgan fingerprint density at radius 3 is 2.39 bits per heavy atom. The van der Waals surface area contributed by atoms with Crippen LogP contribution >= 0.6 is 23.2 Å². The average Bonchev–Trinajstić information content (AvgIpc) is 3.19. The molecule has 31 heavy (non-hydrogen) atoms. The molecule has 0 saturated carbocycles.